The minimum Gasteiger partial charge on any atom is -0.467 e. The van der Waals surface area contributed by atoms with Crippen molar-refractivity contribution in [2.45, 2.75) is 91.3 Å². The molecule has 2 aromatic rings. The Morgan fingerprint density at radius 3 is 2.42 bits per heavy atom. The van der Waals surface area contributed by atoms with Crippen molar-refractivity contribution in [1.29, 1.82) is 0 Å². The van der Waals surface area contributed by atoms with E-state index >= 15 is 0 Å². The second-order valence-electron chi connectivity index (χ2n) is 13.7. The molecule has 0 bridgehead atoms. The maximum atomic E-state index is 14.0. The van der Waals surface area contributed by atoms with Gasteiger partial charge in [-0.15, -0.1) is 0 Å². The van der Waals surface area contributed by atoms with Crippen molar-refractivity contribution in [2.75, 3.05) is 26.1 Å². The third-order valence-electron chi connectivity index (χ3n) is 7.19. The average Bonchev–Trinajstić information content (AvgIpc) is 3.45. The van der Waals surface area contributed by atoms with Crippen molar-refractivity contribution in [3.8, 4) is 5.75 Å². The van der Waals surface area contributed by atoms with Gasteiger partial charge in [0.05, 0.1) is 32.5 Å². The number of H-pyrrole nitrogens is 1. The number of alkyl carbamates (subject to hydrolysis) is 1. The normalized spacial score (nSPS) is 19.1. The number of amides is 1. The van der Waals surface area contributed by atoms with E-state index in [1.54, 1.807) is 53.7 Å². The van der Waals surface area contributed by atoms with Crippen LogP contribution in [-0.4, -0.2) is 76.6 Å². The van der Waals surface area contributed by atoms with Gasteiger partial charge in [-0.25, -0.2) is 18.9 Å². The summed E-state index contributed by atoms with van der Waals surface area (Å²) < 4.78 is 48.2. The number of azide groups is 1. The average molecular weight is 769 g/mol. The number of carbonyl (C=O) groups is 3. The first kappa shape index (κ1) is 42.3. The summed E-state index contributed by atoms with van der Waals surface area (Å²) >= 11 is 0.991. The lowest BCUT2D eigenvalue weighted by molar-refractivity contribution is -0.143. The van der Waals surface area contributed by atoms with Crippen LogP contribution in [0, 0.1) is 12.3 Å². The maximum absolute atomic E-state index is 14.0. The van der Waals surface area contributed by atoms with Gasteiger partial charge in [0.2, 0.25) is 0 Å². The third-order valence-corrected chi connectivity index (χ3v) is 9.84. The van der Waals surface area contributed by atoms with Crippen LogP contribution in [0.25, 0.3) is 10.4 Å². The van der Waals surface area contributed by atoms with Gasteiger partial charge < -0.3 is 24.1 Å². The lowest BCUT2D eigenvalue weighted by atomic mass is 10.00. The largest absolute Gasteiger partial charge is 0.530 e. The number of aromatic nitrogens is 2. The van der Waals surface area contributed by atoms with Gasteiger partial charge in [-0.2, -0.15) is 0 Å². The number of hydrogen-bond acceptors (Lipinski definition) is 14. The molecule has 0 radical (unpaired) electrons. The van der Waals surface area contributed by atoms with Crippen LogP contribution in [0.15, 0.2) is 45.2 Å². The number of benzene rings is 1. The Morgan fingerprint density at radius 2 is 1.83 bits per heavy atom. The van der Waals surface area contributed by atoms with Gasteiger partial charge in [-0.3, -0.25) is 28.2 Å². The number of nitrogens with one attached hydrogen (secondary N) is 2. The number of phosphoric ester groups is 1. The molecule has 1 aromatic carbocycles. The molecule has 18 nitrogen and oxygen atoms in total. The minimum atomic E-state index is -4.46. The molecule has 0 saturated carbocycles. The summed E-state index contributed by atoms with van der Waals surface area (Å²) in [6, 6.07) is 4.09. The van der Waals surface area contributed by atoms with Crippen LogP contribution >= 0.6 is 19.6 Å². The van der Waals surface area contributed by atoms with E-state index in [-0.39, 0.29) is 41.6 Å². The van der Waals surface area contributed by atoms with E-state index in [2.05, 4.69) is 20.3 Å². The Hall–Kier alpha value is -4.12. The van der Waals surface area contributed by atoms with E-state index in [0.717, 1.165) is 16.3 Å². The van der Waals surface area contributed by atoms with Crippen LogP contribution in [0.1, 0.15) is 65.3 Å². The van der Waals surface area contributed by atoms with E-state index in [1.807, 2.05) is 0 Å². The zero-order valence-electron chi connectivity index (χ0n) is 30.3. The fourth-order valence-electron chi connectivity index (χ4n) is 4.61. The lowest BCUT2D eigenvalue weighted by Gasteiger charge is -2.23. The van der Waals surface area contributed by atoms with Crippen molar-refractivity contribution in [3.63, 3.8) is 0 Å². The molecule has 3 rings (SSSR count). The summed E-state index contributed by atoms with van der Waals surface area (Å²) in [4.78, 5) is 66.5. The number of rotatable bonds is 15. The van der Waals surface area contributed by atoms with E-state index < -0.39 is 73.2 Å². The van der Waals surface area contributed by atoms with Crippen molar-refractivity contribution in [3.05, 3.63) is 72.9 Å². The number of phosphoric acid groups is 1. The lowest BCUT2D eigenvalue weighted by Crippen LogP contribution is -2.45. The summed E-state index contributed by atoms with van der Waals surface area (Å²) in [5, 5.41) is 6.14. The predicted octanol–water partition coefficient (Wildman–Crippen LogP) is 4.95. The second kappa shape index (κ2) is 18.1. The van der Waals surface area contributed by atoms with Crippen molar-refractivity contribution < 1.29 is 46.7 Å². The molecule has 20 heteroatoms. The van der Waals surface area contributed by atoms with Gasteiger partial charge in [0.25, 0.3) is 5.56 Å². The molecule has 2 N–H and O–H groups in total. The van der Waals surface area contributed by atoms with E-state index in [0.29, 0.717) is 5.56 Å². The molecule has 2 heterocycles. The molecule has 286 valence electrons. The van der Waals surface area contributed by atoms with Gasteiger partial charge in [-0.05, 0) is 50.9 Å². The quantitative estimate of drug-likeness (QED) is 0.0610. The standard InChI is InChI=1S/C32H45N6O12PS/c1-19-17-38(29(42)35-26(19)39)25-16-22(36-37-33)24(48-25)18-47-51(44,46-13-14-52-28(41)31(2,3)4)50-21-11-9-20(10-12-21)15-23(27(40)45-8)34-30(43)49-32(5,6)7/h9-12,17,22-25H,13-16,18H2,1-8H3,(H,34,43)(H,35,39,42)/t22?,23-,24?,25?,51?/m0/s1. The Balaban J connectivity index is 1.78. The third kappa shape index (κ3) is 12.8. The van der Waals surface area contributed by atoms with Crippen molar-refractivity contribution >= 4 is 36.8 Å². The fraction of sp³-hybridized carbons (Fsp3) is 0.594. The number of aromatic amines is 1. The van der Waals surface area contributed by atoms with Gasteiger partial charge in [0.1, 0.15) is 23.6 Å². The Morgan fingerprint density at radius 1 is 1.15 bits per heavy atom. The monoisotopic (exact) mass is 768 g/mol. The SMILES string of the molecule is COC(=O)[C@H](Cc1ccc(OP(=O)(OCCSC(=O)C(C)(C)C)OCC2OC(n3cc(C)c(=O)[nH]c3=O)CC2N=[N+]=[N-])cc1)NC(=O)OC(C)(C)C. The smallest absolute Gasteiger partial charge is 0.467 e. The Bertz CT molecular complexity index is 1800. The maximum Gasteiger partial charge on any atom is 0.530 e. The van der Waals surface area contributed by atoms with E-state index in [1.165, 1.54) is 32.4 Å². The fourth-order valence-corrected chi connectivity index (χ4v) is 6.73. The summed E-state index contributed by atoms with van der Waals surface area (Å²) in [5.74, 6) is -0.521. The molecular formula is C32H45N6O12PS. The molecular weight excluding hydrogens is 723 g/mol. The molecule has 1 amide bonds. The number of esters is 1. The highest BCUT2D eigenvalue weighted by atomic mass is 32.2. The van der Waals surface area contributed by atoms with E-state index in [9.17, 15) is 34.1 Å². The van der Waals surface area contributed by atoms with E-state index in [4.69, 9.17) is 27.8 Å². The second-order valence-corrected chi connectivity index (χ2v) is 16.4. The first-order valence-corrected chi connectivity index (χ1v) is 18.6. The highest BCUT2D eigenvalue weighted by Gasteiger charge is 2.40. The molecule has 1 aromatic heterocycles. The molecule has 1 saturated heterocycles. The van der Waals surface area contributed by atoms with Crippen LogP contribution in [-0.2, 0) is 43.8 Å². The first-order chi connectivity index (χ1) is 24.2. The Labute approximate surface area is 304 Å². The van der Waals surface area contributed by atoms with Gasteiger partial charge in [0.15, 0.2) is 5.12 Å². The van der Waals surface area contributed by atoms with Crippen LogP contribution in [0.2, 0.25) is 0 Å². The number of hydrogen-bond donors (Lipinski definition) is 2. The summed E-state index contributed by atoms with van der Waals surface area (Å²) in [5.41, 5.74) is 7.30. The molecule has 0 spiro atoms. The highest BCUT2D eigenvalue weighted by molar-refractivity contribution is 8.13. The van der Waals surface area contributed by atoms with Crippen molar-refractivity contribution in [1.82, 2.24) is 14.9 Å². The number of thioether (sulfide) groups is 1. The van der Waals surface area contributed by atoms with Gasteiger partial charge in [-0.1, -0.05) is 49.8 Å². The minimum absolute atomic E-state index is 0.0226. The van der Waals surface area contributed by atoms with Gasteiger partial charge >= 0.3 is 25.6 Å². The molecule has 1 aliphatic rings. The molecule has 1 aliphatic heterocycles. The topological polar surface area (TPSA) is 239 Å². The number of carbonyl (C=O) groups excluding carboxylic acids is 3. The zero-order chi connectivity index (χ0) is 38.9. The number of aryl methyl sites for hydroxylation is 1. The first-order valence-electron chi connectivity index (χ1n) is 16.2. The molecule has 52 heavy (non-hydrogen) atoms. The number of methoxy groups -OCH3 is 1. The molecule has 4 unspecified atom stereocenters. The van der Waals surface area contributed by atoms with Gasteiger partial charge in [0, 0.05) is 40.7 Å². The molecule has 1 fully saturated rings. The van der Waals surface area contributed by atoms with Crippen LogP contribution < -0.4 is 21.1 Å². The summed E-state index contributed by atoms with van der Waals surface area (Å²) in [6.45, 7) is 11.2. The molecule has 5 atom stereocenters. The predicted molar refractivity (Wildman–Crippen MR) is 190 cm³/mol. The van der Waals surface area contributed by atoms with Crippen LogP contribution in [0.4, 0.5) is 4.79 Å². The molecule has 0 aliphatic carbocycles. The highest BCUT2D eigenvalue weighted by Crippen LogP contribution is 2.50. The van der Waals surface area contributed by atoms with Crippen LogP contribution in [0.5, 0.6) is 5.75 Å². The van der Waals surface area contributed by atoms with Crippen molar-refractivity contribution in [2.24, 2.45) is 10.5 Å². The number of ether oxygens (including phenoxy) is 3. The summed E-state index contributed by atoms with van der Waals surface area (Å²) in [6.07, 6.45) is -1.37. The number of nitrogens with zero attached hydrogens (tertiary/aromatic N) is 4. The van der Waals surface area contributed by atoms with Crippen LogP contribution in [0.3, 0.4) is 0 Å². The summed E-state index contributed by atoms with van der Waals surface area (Å²) in [7, 11) is -3.27. The zero-order valence-corrected chi connectivity index (χ0v) is 32.0. The Kier molecular flexibility index (Phi) is 14.7.